The molecular weight excluding hydrogens is 256 g/mol. The van der Waals surface area contributed by atoms with Crippen LogP contribution < -0.4 is 0 Å². The number of hydrogen-bond acceptors (Lipinski definition) is 1. The summed E-state index contributed by atoms with van der Waals surface area (Å²) in [4.78, 5) is 0. The van der Waals surface area contributed by atoms with E-state index in [1.165, 1.54) is 64.2 Å². The molecule has 0 bridgehead atoms. The van der Waals surface area contributed by atoms with Crippen molar-refractivity contribution in [3.05, 3.63) is 0 Å². The van der Waals surface area contributed by atoms with Crippen molar-refractivity contribution in [2.75, 3.05) is 6.61 Å². The van der Waals surface area contributed by atoms with Gasteiger partial charge in [-0.1, -0.05) is 26.7 Å². The lowest BCUT2D eigenvalue weighted by molar-refractivity contribution is -0.113. The first-order valence-electron chi connectivity index (χ1n) is 9.70. The van der Waals surface area contributed by atoms with Gasteiger partial charge in [-0.3, -0.25) is 0 Å². The van der Waals surface area contributed by atoms with Crippen molar-refractivity contribution in [2.45, 2.75) is 78.1 Å². The summed E-state index contributed by atoms with van der Waals surface area (Å²) >= 11 is 0. The van der Waals surface area contributed by atoms with Gasteiger partial charge in [0.1, 0.15) is 0 Å². The van der Waals surface area contributed by atoms with E-state index < -0.39 is 0 Å². The molecule has 0 heterocycles. The summed E-state index contributed by atoms with van der Waals surface area (Å²) in [6, 6.07) is 0. The first kappa shape index (κ1) is 14.5. The Bertz CT molecular complexity index is 405. The van der Waals surface area contributed by atoms with E-state index >= 15 is 0 Å². The minimum atomic E-state index is 0.435. The zero-order valence-corrected chi connectivity index (χ0v) is 14.1. The minimum absolute atomic E-state index is 0.435. The van der Waals surface area contributed by atoms with Gasteiger partial charge in [0, 0.05) is 6.61 Å². The van der Waals surface area contributed by atoms with Crippen LogP contribution in [-0.4, -0.2) is 11.7 Å². The molecule has 0 aromatic heterocycles. The van der Waals surface area contributed by atoms with Gasteiger partial charge < -0.3 is 5.11 Å². The Balaban J connectivity index is 1.62. The molecule has 4 aliphatic carbocycles. The summed E-state index contributed by atoms with van der Waals surface area (Å²) in [6.07, 6.45) is 14.6. The van der Waals surface area contributed by atoms with Gasteiger partial charge in [-0.05, 0) is 91.8 Å². The Morgan fingerprint density at radius 3 is 2.43 bits per heavy atom. The third kappa shape index (κ3) is 1.92. The molecule has 7 atom stereocenters. The van der Waals surface area contributed by atoms with Crippen LogP contribution in [0.2, 0.25) is 0 Å². The first-order valence-corrected chi connectivity index (χ1v) is 9.70. The molecule has 0 saturated heterocycles. The highest BCUT2D eigenvalue weighted by atomic mass is 16.3. The van der Waals surface area contributed by atoms with Gasteiger partial charge in [0.05, 0.1) is 0 Å². The molecule has 1 unspecified atom stereocenters. The van der Waals surface area contributed by atoms with Gasteiger partial charge in [-0.25, -0.2) is 0 Å². The minimum Gasteiger partial charge on any atom is -0.396 e. The van der Waals surface area contributed by atoms with Crippen LogP contribution in [0.4, 0.5) is 0 Å². The molecule has 4 rings (SSSR count). The predicted octanol–water partition coefficient (Wildman–Crippen LogP) is 5.03. The summed E-state index contributed by atoms with van der Waals surface area (Å²) in [6.45, 7) is 5.62. The second kappa shape index (κ2) is 4.98. The molecule has 0 aliphatic heterocycles. The summed E-state index contributed by atoms with van der Waals surface area (Å²) in [5.41, 5.74) is 1.13. The highest BCUT2D eigenvalue weighted by Crippen LogP contribution is 2.67. The highest BCUT2D eigenvalue weighted by Gasteiger charge is 2.59. The van der Waals surface area contributed by atoms with Crippen molar-refractivity contribution in [3.63, 3.8) is 0 Å². The lowest BCUT2D eigenvalue weighted by Gasteiger charge is -2.60. The van der Waals surface area contributed by atoms with Crippen molar-refractivity contribution in [2.24, 2.45) is 40.4 Å². The average molecular weight is 290 g/mol. The van der Waals surface area contributed by atoms with Crippen LogP contribution in [0.15, 0.2) is 0 Å². The second-order valence-electron chi connectivity index (χ2n) is 9.40. The van der Waals surface area contributed by atoms with E-state index in [2.05, 4.69) is 13.8 Å². The Kier molecular flexibility index (Phi) is 3.45. The number of hydrogen-bond donors (Lipinski definition) is 1. The first-order chi connectivity index (χ1) is 10.1. The molecular formula is C20H34O. The molecule has 1 N–H and O–H groups in total. The Morgan fingerprint density at radius 2 is 1.62 bits per heavy atom. The van der Waals surface area contributed by atoms with Crippen LogP contribution in [-0.2, 0) is 0 Å². The maximum Gasteiger partial charge on any atom is 0.0464 e. The van der Waals surface area contributed by atoms with Crippen LogP contribution in [0, 0.1) is 40.4 Å². The van der Waals surface area contributed by atoms with Crippen LogP contribution in [0.3, 0.4) is 0 Å². The van der Waals surface area contributed by atoms with E-state index in [0.717, 1.165) is 23.7 Å². The molecule has 0 amide bonds. The average Bonchev–Trinajstić information content (AvgIpc) is 2.83. The fourth-order valence-corrected chi connectivity index (χ4v) is 7.70. The quantitative estimate of drug-likeness (QED) is 0.718. The van der Waals surface area contributed by atoms with E-state index in [-0.39, 0.29) is 0 Å². The maximum absolute atomic E-state index is 9.80. The van der Waals surface area contributed by atoms with Crippen molar-refractivity contribution < 1.29 is 5.11 Å². The molecule has 4 saturated carbocycles. The smallest absolute Gasteiger partial charge is 0.0464 e. The largest absolute Gasteiger partial charge is 0.396 e. The van der Waals surface area contributed by atoms with Gasteiger partial charge in [-0.15, -0.1) is 0 Å². The van der Waals surface area contributed by atoms with Crippen LogP contribution in [0.25, 0.3) is 0 Å². The fourth-order valence-electron chi connectivity index (χ4n) is 7.70. The molecule has 0 radical (unpaired) electrons. The summed E-state index contributed by atoms with van der Waals surface area (Å²) < 4.78 is 0. The van der Waals surface area contributed by atoms with E-state index in [9.17, 15) is 5.11 Å². The number of aliphatic hydroxyl groups is 1. The summed E-state index contributed by atoms with van der Waals surface area (Å²) in [7, 11) is 0. The predicted molar refractivity (Wildman–Crippen MR) is 86.9 cm³/mol. The van der Waals surface area contributed by atoms with Gasteiger partial charge >= 0.3 is 0 Å². The fraction of sp³-hybridized carbons (Fsp3) is 1.00. The molecule has 1 nitrogen and oxygen atoms in total. The normalized spacial score (nSPS) is 56.4. The lowest BCUT2D eigenvalue weighted by Crippen LogP contribution is -2.52. The van der Waals surface area contributed by atoms with Gasteiger partial charge in [0.15, 0.2) is 0 Å². The second-order valence-corrected chi connectivity index (χ2v) is 9.40. The van der Waals surface area contributed by atoms with Gasteiger partial charge in [0.2, 0.25) is 0 Å². The highest BCUT2D eigenvalue weighted by molar-refractivity contribution is 5.08. The molecule has 21 heavy (non-hydrogen) atoms. The molecule has 0 spiro atoms. The van der Waals surface area contributed by atoms with E-state index in [0.29, 0.717) is 23.4 Å². The number of rotatable bonds is 1. The van der Waals surface area contributed by atoms with E-state index in [1.807, 2.05) is 0 Å². The molecule has 120 valence electrons. The topological polar surface area (TPSA) is 20.2 Å². The van der Waals surface area contributed by atoms with Gasteiger partial charge in [-0.2, -0.15) is 0 Å². The van der Waals surface area contributed by atoms with Crippen molar-refractivity contribution in [1.82, 2.24) is 0 Å². The summed E-state index contributed by atoms with van der Waals surface area (Å²) in [5.74, 6) is 4.55. The van der Waals surface area contributed by atoms with Crippen LogP contribution in [0.1, 0.15) is 78.1 Å². The van der Waals surface area contributed by atoms with Crippen LogP contribution >= 0.6 is 0 Å². The van der Waals surface area contributed by atoms with E-state index in [1.54, 1.807) is 0 Å². The van der Waals surface area contributed by atoms with Crippen molar-refractivity contribution >= 4 is 0 Å². The van der Waals surface area contributed by atoms with Crippen molar-refractivity contribution in [3.8, 4) is 0 Å². The SMILES string of the molecule is C[C@]12CCCC[C@@H]1CC[C@@H]1[C@@H]2CC[C@]2(C)C(CO)CC[C@@H]12. The molecule has 0 aromatic rings. The molecule has 4 fully saturated rings. The standard InChI is InChI=1S/C20H34O/c1-19-11-4-3-5-14(19)6-8-16-17-9-7-15(13-21)20(17,2)12-10-18(16)19/h14-18,21H,3-13H2,1-2H3/t14-,15?,16+,17+,18+,19+,20-/m1/s1. The maximum atomic E-state index is 9.80. The Labute approximate surface area is 130 Å². The monoisotopic (exact) mass is 290 g/mol. The lowest BCUT2D eigenvalue weighted by atomic mass is 9.45. The van der Waals surface area contributed by atoms with Crippen LogP contribution in [0.5, 0.6) is 0 Å². The zero-order chi connectivity index (χ0) is 14.7. The van der Waals surface area contributed by atoms with Gasteiger partial charge in [0.25, 0.3) is 0 Å². The number of aliphatic hydroxyl groups excluding tert-OH is 1. The Hall–Kier alpha value is -0.0400. The third-order valence-electron chi connectivity index (χ3n) is 9.00. The van der Waals surface area contributed by atoms with Crippen molar-refractivity contribution in [1.29, 1.82) is 0 Å². The zero-order valence-electron chi connectivity index (χ0n) is 14.1. The Morgan fingerprint density at radius 1 is 0.810 bits per heavy atom. The molecule has 1 heteroatoms. The molecule has 0 aromatic carbocycles. The third-order valence-corrected chi connectivity index (χ3v) is 9.00. The van der Waals surface area contributed by atoms with E-state index in [4.69, 9.17) is 0 Å². The number of fused-ring (bicyclic) bond motifs is 5. The summed E-state index contributed by atoms with van der Waals surface area (Å²) in [5, 5.41) is 9.80. The molecule has 4 aliphatic rings.